The van der Waals surface area contributed by atoms with Crippen LogP contribution in [0.4, 0.5) is 0 Å². The van der Waals surface area contributed by atoms with Crippen molar-refractivity contribution in [2.45, 2.75) is 32.9 Å². The van der Waals surface area contributed by atoms with Crippen molar-refractivity contribution in [3.63, 3.8) is 0 Å². The van der Waals surface area contributed by atoms with Gasteiger partial charge in [0.2, 0.25) is 5.91 Å². The first-order valence-electron chi connectivity index (χ1n) is 8.40. The minimum atomic E-state index is 0.00516. The molecule has 0 aliphatic heterocycles. The number of amides is 1. The minimum absolute atomic E-state index is 0.00516. The lowest BCUT2D eigenvalue weighted by molar-refractivity contribution is -0.120. The summed E-state index contributed by atoms with van der Waals surface area (Å²) < 4.78 is 5.60. The van der Waals surface area contributed by atoms with Crippen molar-refractivity contribution < 1.29 is 9.53 Å². The van der Waals surface area contributed by atoms with Crippen LogP contribution in [0.1, 0.15) is 25.0 Å². The van der Waals surface area contributed by atoms with Gasteiger partial charge >= 0.3 is 0 Å². The minimum Gasteiger partial charge on any atom is -0.491 e. The molecule has 0 saturated heterocycles. The summed E-state index contributed by atoms with van der Waals surface area (Å²) >= 11 is 0. The Morgan fingerprint density at radius 2 is 1.71 bits per heavy atom. The van der Waals surface area contributed by atoms with Gasteiger partial charge in [0.15, 0.2) is 0 Å². The highest BCUT2D eigenvalue weighted by molar-refractivity contribution is 5.77. The van der Waals surface area contributed by atoms with Gasteiger partial charge < -0.3 is 15.4 Å². The fourth-order valence-corrected chi connectivity index (χ4v) is 2.30. The number of carbonyl (C=O) groups is 1. The first kappa shape index (κ1) is 18.0. The molecule has 1 amide bonds. The lowest BCUT2D eigenvalue weighted by atomic mass is 10.1. The third-order valence-corrected chi connectivity index (χ3v) is 3.50. The molecule has 128 valence electrons. The molecule has 0 spiro atoms. The van der Waals surface area contributed by atoms with Gasteiger partial charge in [0.25, 0.3) is 0 Å². The highest BCUT2D eigenvalue weighted by Gasteiger charge is 2.02. The van der Waals surface area contributed by atoms with Crippen molar-refractivity contribution in [1.29, 1.82) is 0 Å². The number of rotatable bonds is 9. The Morgan fingerprint density at radius 1 is 1.00 bits per heavy atom. The largest absolute Gasteiger partial charge is 0.491 e. The lowest BCUT2D eigenvalue weighted by Crippen LogP contribution is -2.34. The van der Waals surface area contributed by atoms with E-state index in [1.807, 2.05) is 56.3 Å². The van der Waals surface area contributed by atoms with Gasteiger partial charge in [-0.3, -0.25) is 4.79 Å². The second-order valence-electron chi connectivity index (χ2n) is 6.00. The van der Waals surface area contributed by atoms with E-state index in [9.17, 15) is 4.79 Å². The predicted molar refractivity (Wildman–Crippen MR) is 97.1 cm³/mol. The molecule has 0 heterocycles. The molecule has 2 aromatic rings. The first-order valence-corrected chi connectivity index (χ1v) is 8.40. The second-order valence-corrected chi connectivity index (χ2v) is 6.00. The van der Waals surface area contributed by atoms with Gasteiger partial charge in [-0.05, 0) is 50.1 Å². The van der Waals surface area contributed by atoms with Crippen LogP contribution in [-0.4, -0.2) is 25.1 Å². The third kappa shape index (κ3) is 6.84. The molecule has 0 fully saturated rings. The number of hydrogen-bond acceptors (Lipinski definition) is 3. The van der Waals surface area contributed by atoms with Gasteiger partial charge in [-0.1, -0.05) is 42.5 Å². The summed E-state index contributed by atoms with van der Waals surface area (Å²) in [4.78, 5) is 11.8. The fraction of sp³-hybridized carbons (Fsp3) is 0.350. The van der Waals surface area contributed by atoms with E-state index in [1.165, 1.54) is 5.56 Å². The summed E-state index contributed by atoms with van der Waals surface area (Å²) in [6.45, 7) is 5.65. The molecule has 4 nitrogen and oxygen atoms in total. The number of carbonyl (C=O) groups excluding carboxylic acids is 1. The van der Waals surface area contributed by atoms with Crippen LogP contribution in [0.25, 0.3) is 0 Å². The molecule has 0 atom stereocenters. The Morgan fingerprint density at radius 3 is 2.38 bits per heavy atom. The van der Waals surface area contributed by atoms with Crippen molar-refractivity contribution in [3.05, 3.63) is 65.7 Å². The van der Waals surface area contributed by atoms with Gasteiger partial charge in [0.05, 0.1) is 12.6 Å². The molecule has 24 heavy (non-hydrogen) atoms. The molecular weight excluding hydrogens is 300 g/mol. The van der Waals surface area contributed by atoms with Crippen LogP contribution in [0.5, 0.6) is 5.75 Å². The number of ether oxygens (including phenoxy) is 1. The summed E-state index contributed by atoms with van der Waals surface area (Å²) in [6, 6.07) is 18.1. The summed E-state index contributed by atoms with van der Waals surface area (Å²) in [7, 11) is 0. The summed E-state index contributed by atoms with van der Waals surface area (Å²) in [6.07, 6.45) is 1.09. The molecule has 0 bridgehead atoms. The topological polar surface area (TPSA) is 50.4 Å². The van der Waals surface area contributed by atoms with E-state index in [0.717, 1.165) is 24.3 Å². The average Bonchev–Trinajstić information content (AvgIpc) is 2.58. The summed E-state index contributed by atoms with van der Waals surface area (Å²) in [5.41, 5.74) is 2.33. The predicted octanol–water partition coefficient (Wildman–Crippen LogP) is 2.92. The number of nitrogens with one attached hydrogen (secondary N) is 2. The highest BCUT2D eigenvalue weighted by atomic mass is 16.5. The molecule has 2 N–H and O–H groups in total. The first-order chi connectivity index (χ1) is 11.6. The zero-order valence-corrected chi connectivity index (χ0v) is 14.4. The Kier molecular flexibility index (Phi) is 7.30. The van der Waals surface area contributed by atoms with Crippen molar-refractivity contribution in [1.82, 2.24) is 10.6 Å². The van der Waals surface area contributed by atoms with Gasteiger partial charge in [0, 0.05) is 6.54 Å². The fourth-order valence-electron chi connectivity index (χ4n) is 2.30. The smallest absolute Gasteiger partial charge is 0.234 e. The molecule has 0 aliphatic carbocycles. The van der Waals surface area contributed by atoms with Gasteiger partial charge in [-0.15, -0.1) is 0 Å². The van der Waals surface area contributed by atoms with E-state index < -0.39 is 0 Å². The Labute approximate surface area is 144 Å². The van der Waals surface area contributed by atoms with Crippen LogP contribution in [0.15, 0.2) is 54.6 Å². The highest BCUT2D eigenvalue weighted by Crippen LogP contribution is 2.13. The molecule has 0 radical (unpaired) electrons. The van der Waals surface area contributed by atoms with Crippen molar-refractivity contribution in [2.75, 3.05) is 13.1 Å². The van der Waals surface area contributed by atoms with Crippen molar-refractivity contribution in [3.8, 4) is 5.75 Å². The van der Waals surface area contributed by atoms with Gasteiger partial charge in [-0.2, -0.15) is 0 Å². The van der Waals surface area contributed by atoms with E-state index >= 15 is 0 Å². The second kappa shape index (κ2) is 9.73. The van der Waals surface area contributed by atoms with Crippen LogP contribution < -0.4 is 15.4 Å². The van der Waals surface area contributed by atoms with E-state index in [1.54, 1.807) is 0 Å². The van der Waals surface area contributed by atoms with E-state index in [-0.39, 0.29) is 12.0 Å². The molecule has 0 aromatic heterocycles. The maximum Gasteiger partial charge on any atom is 0.234 e. The molecule has 2 aromatic carbocycles. The van der Waals surface area contributed by atoms with Crippen molar-refractivity contribution in [2.24, 2.45) is 0 Å². The molecule has 0 aliphatic rings. The van der Waals surface area contributed by atoms with Crippen molar-refractivity contribution >= 4 is 5.91 Å². The quantitative estimate of drug-likeness (QED) is 0.697. The standard InChI is InChI=1S/C20H26N2O2/c1-16(2)24-19-10-8-18(9-11-19)14-22-20(23)15-21-13-12-17-6-4-3-5-7-17/h3-11,16,21H,12-15H2,1-2H3,(H,22,23). The van der Waals surface area contributed by atoms with Crippen LogP contribution in [-0.2, 0) is 17.8 Å². The maximum absolute atomic E-state index is 11.8. The molecule has 4 heteroatoms. The van der Waals surface area contributed by atoms with Gasteiger partial charge in [-0.25, -0.2) is 0 Å². The maximum atomic E-state index is 11.8. The summed E-state index contributed by atoms with van der Waals surface area (Å²) in [5, 5.41) is 6.08. The summed E-state index contributed by atoms with van der Waals surface area (Å²) in [5.74, 6) is 0.855. The lowest BCUT2D eigenvalue weighted by Gasteiger charge is -2.10. The van der Waals surface area contributed by atoms with Crippen LogP contribution in [0, 0.1) is 0 Å². The molecule has 2 rings (SSSR count). The molecular formula is C20H26N2O2. The average molecular weight is 326 g/mol. The number of benzene rings is 2. The normalized spacial score (nSPS) is 10.6. The monoisotopic (exact) mass is 326 g/mol. The van der Waals surface area contributed by atoms with Crippen LogP contribution in [0.2, 0.25) is 0 Å². The Hall–Kier alpha value is -2.33. The Balaban J connectivity index is 1.62. The van der Waals surface area contributed by atoms with Crippen LogP contribution >= 0.6 is 0 Å². The zero-order valence-electron chi connectivity index (χ0n) is 14.4. The van der Waals surface area contributed by atoms with E-state index in [4.69, 9.17) is 4.74 Å². The van der Waals surface area contributed by atoms with E-state index in [2.05, 4.69) is 22.8 Å². The molecule has 0 saturated carbocycles. The Bertz CT molecular complexity index is 609. The van der Waals surface area contributed by atoms with E-state index in [0.29, 0.717) is 13.1 Å². The zero-order chi connectivity index (χ0) is 17.2. The molecule has 0 unspecified atom stereocenters. The SMILES string of the molecule is CC(C)Oc1ccc(CNC(=O)CNCCc2ccccc2)cc1. The van der Waals surface area contributed by atoms with Crippen LogP contribution in [0.3, 0.4) is 0 Å². The third-order valence-electron chi connectivity index (χ3n) is 3.50. The number of hydrogen-bond donors (Lipinski definition) is 2. The van der Waals surface area contributed by atoms with Gasteiger partial charge in [0.1, 0.15) is 5.75 Å².